The van der Waals surface area contributed by atoms with E-state index >= 15 is 0 Å². The van der Waals surface area contributed by atoms with Crippen molar-refractivity contribution in [3.63, 3.8) is 0 Å². The van der Waals surface area contributed by atoms with E-state index in [0.29, 0.717) is 17.5 Å². The summed E-state index contributed by atoms with van der Waals surface area (Å²) >= 11 is 0. The molecule has 1 heterocycles. The van der Waals surface area contributed by atoms with Crippen LogP contribution in [0.3, 0.4) is 0 Å². The Labute approximate surface area is 170 Å². The number of aromatic nitrogens is 2. The van der Waals surface area contributed by atoms with Crippen molar-refractivity contribution in [2.75, 3.05) is 0 Å². The molecule has 4 aromatic rings. The molecular weight excluding hydrogens is 389 g/mol. The molecule has 0 radical (unpaired) electrons. The third-order valence-electron chi connectivity index (χ3n) is 5.37. The fraction of sp³-hybridized carbons (Fsp3) is 0.0833. The van der Waals surface area contributed by atoms with Gasteiger partial charge in [-0.2, -0.15) is 18.3 Å². The standard InChI is InChI=1S/C24H15F3N2O/c25-24(26,27)19-5-3-6-20(12-19)29-13-18(14-30)23(28-29)16-8-9-22-17(11-16)10-15-4-1-2-7-21(15)22/h1-9,11-14H,10H2. The topological polar surface area (TPSA) is 34.9 Å². The summed E-state index contributed by atoms with van der Waals surface area (Å²) in [5.41, 5.74) is 5.74. The lowest BCUT2D eigenvalue weighted by Gasteiger charge is -2.08. The average Bonchev–Trinajstić information content (AvgIpc) is 3.34. The SMILES string of the molecule is O=Cc1cn(-c2cccc(C(F)(F)F)c2)nc1-c1ccc2c(c1)Cc1ccccc1-2. The van der Waals surface area contributed by atoms with Gasteiger partial charge in [-0.1, -0.05) is 42.5 Å². The summed E-state index contributed by atoms with van der Waals surface area (Å²) in [6.45, 7) is 0. The number of fused-ring (bicyclic) bond motifs is 3. The van der Waals surface area contributed by atoms with Crippen molar-refractivity contribution in [2.24, 2.45) is 0 Å². The fourth-order valence-electron chi connectivity index (χ4n) is 3.95. The number of nitrogens with zero attached hydrogens (tertiary/aromatic N) is 2. The van der Waals surface area contributed by atoms with Gasteiger partial charge in [-0.15, -0.1) is 0 Å². The van der Waals surface area contributed by atoms with Crippen LogP contribution < -0.4 is 0 Å². The second-order valence-corrected chi connectivity index (χ2v) is 7.25. The molecule has 3 aromatic carbocycles. The normalized spacial score (nSPS) is 12.5. The maximum Gasteiger partial charge on any atom is 0.416 e. The van der Waals surface area contributed by atoms with Crippen molar-refractivity contribution in [1.29, 1.82) is 0 Å². The Hall–Kier alpha value is -3.67. The number of hydrogen-bond acceptors (Lipinski definition) is 2. The number of halogens is 3. The van der Waals surface area contributed by atoms with Gasteiger partial charge in [0.05, 0.1) is 16.8 Å². The molecule has 5 rings (SSSR count). The molecule has 0 saturated heterocycles. The highest BCUT2D eigenvalue weighted by Crippen LogP contribution is 2.38. The molecule has 0 spiro atoms. The van der Waals surface area contributed by atoms with Crippen molar-refractivity contribution in [2.45, 2.75) is 12.6 Å². The summed E-state index contributed by atoms with van der Waals surface area (Å²) in [5.74, 6) is 0. The highest BCUT2D eigenvalue weighted by atomic mass is 19.4. The van der Waals surface area contributed by atoms with Crippen LogP contribution in [0.4, 0.5) is 13.2 Å². The van der Waals surface area contributed by atoms with Crippen LogP contribution in [0.15, 0.2) is 72.9 Å². The number of rotatable bonds is 3. The quantitative estimate of drug-likeness (QED) is 0.349. The third-order valence-corrected chi connectivity index (χ3v) is 5.37. The van der Waals surface area contributed by atoms with E-state index in [1.54, 1.807) is 0 Å². The zero-order valence-electron chi connectivity index (χ0n) is 15.6. The molecule has 6 heteroatoms. The van der Waals surface area contributed by atoms with Gasteiger partial charge in [0.1, 0.15) is 5.69 Å². The van der Waals surface area contributed by atoms with E-state index in [1.807, 2.05) is 30.3 Å². The largest absolute Gasteiger partial charge is 0.416 e. The minimum atomic E-state index is -4.45. The number of alkyl halides is 3. The zero-order chi connectivity index (χ0) is 20.9. The van der Waals surface area contributed by atoms with E-state index in [9.17, 15) is 18.0 Å². The Morgan fingerprint density at radius 3 is 2.50 bits per heavy atom. The highest BCUT2D eigenvalue weighted by Gasteiger charge is 2.30. The first-order valence-corrected chi connectivity index (χ1v) is 9.38. The fourth-order valence-corrected chi connectivity index (χ4v) is 3.95. The smallest absolute Gasteiger partial charge is 0.298 e. The van der Waals surface area contributed by atoms with E-state index in [-0.39, 0.29) is 5.69 Å². The van der Waals surface area contributed by atoms with Crippen LogP contribution in [-0.2, 0) is 12.6 Å². The van der Waals surface area contributed by atoms with Crippen LogP contribution in [0.2, 0.25) is 0 Å². The Balaban J connectivity index is 1.57. The minimum absolute atomic E-state index is 0.243. The molecule has 0 aliphatic heterocycles. The second kappa shape index (κ2) is 6.69. The van der Waals surface area contributed by atoms with Gasteiger partial charge in [0.25, 0.3) is 0 Å². The third kappa shape index (κ3) is 3.01. The first kappa shape index (κ1) is 18.4. The van der Waals surface area contributed by atoms with Crippen LogP contribution >= 0.6 is 0 Å². The Bertz CT molecular complexity index is 1290. The van der Waals surface area contributed by atoms with Gasteiger partial charge in [-0.05, 0) is 52.9 Å². The molecule has 0 atom stereocenters. The molecule has 30 heavy (non-hydrogen) atoms. The Morgan fingerprint density at radius 1 is 0.900 bits per heavy atom. The van der Waals surface area contributed by atoms with Gasteiger partial charge >= 0.3 is 6.18 Å². The zero-order valence-corrected chi connectivity index (χ0v) is 15.6. The minimum Gasteiger partial charge on any atom is -0.298 e. The predicted octanol–water partition coefficient (Wildman–Crippen LogP) is 5.94. The van der Waals surface area contributed by atoms with Crippen LogP contribution in [0.1, 0.15) is 27.0 Å². The van der Waals surface area contributed by atoms with Crippen LogP contribution in [0, 0.1) is 0 Å². The molecule has 0 bridgehead atoms. The van der Waals surface area contributed by atoms with Crippen LogP contribution in [0.5, 0.6) is 0 Å². The number of carbonyl (C=O) groups is 1. The summed E-state index contributed by atoms with van der Waals surface area (Å²) < 4.78 is 40.5. The molecule has 0 unspecified atom stereocenters. The van der Waals surface area contributed by atoms with E-state index < -0.39 is 11.7 Å². The summed E-state index contributed by atoms with van der Waals surface area (Å²) in [4.78, 5) is 11.7. The van der Waals surface area contributed by atoms with Crippen LogP contribution in [0.25, 0.3) is 28.1 Å². The maximum absolute atomic E-state index is 13.1. The first-order chi connectivity index (χ1) is 14.4. The number of benzene rings is 3. The van der Waals surface area contributed by atoms with Gasteiger partial charge in [0.2, 0.25) is 0 Å². The molecule has 0 amide bonds. The molecule has 1 aliphatic rings. The predicted molar refractivity (Wildman–Crippen MR) is 108 cm³/mol. The van der Waals surface area contributed by atoms with Gasteiger partial charge < -0.3 is 0 Å². The molecule has 1 aromatic heterocycles. The number of carbonyl (C=O) groups excluding carboxylic acids is 1. The Kier molecular flexibility index (Phi) is 4.10. The molecule has 148 valence electrons. The maximum atomic E-state index is 13.1. The van der Waals surface area contributed by atoms with E-state index in [0.717, 1.165) is 35.2 Å². The van der Waals surface area contributed by atoms with Gasteiger partial charge in [-0.25, -0.2) is 4.68 Å². The highest BCUT2D eigenvalue weighted by molar-refractivity contribution is 5.87. The molecule has 1 aliphatic carbocycles. The molecule has 0 N–H and O–H groups in total. The monoisotopic (exact) mass is 404 g/mol. The molecular formula is C24H15F3N2O. The van der Waals surface area contributed by atoms with E-state index in [1.165, 1.54) is 34.1 Å². The lowest BCUT2D eigenvalue weighted by atomic mass is 10.0. The van der Waals surface area contributed by atoms with Crippen molar-refractivity contribution >= 4 is 6.29 Å². The van der Waals surface area contributed by atoms with Gasteiger partial charge in [0, 0.05) is 11.8 Å². The molecule has 0 fully saturated rings. The van der Waals surface area contributed by atoms with E-state index in [4.69, 9.17) is 0 Å². The van der Waals surface area contributed by atoms with Gasteiger partial charge in [-0.3, -0.25) is 4.79 Å². The summed E-state index contributed by atoms with van der Waals surface area (Å²) in [6.07, 6.45) is -1.52. The molecule has 3 nitrogen and oxygen atoms in total. The average molecular weight is 404 g/mol. The first-order valence-electron chi connectivity index (χ1n) is 9.38. The number of hydrogen-bond donors (Lipinski definition) is 0. The van der Waals surface area contributed by atoms with Crippen LogP contribution in [-0.4, -0.2) is 16.1 Å². The van der Waals surface area contributed by atoms with Crippen molar-refractivity contribution in [3.05, 3.63) is 95.2 Å². The van der Waals surface area contributed by atoms with Crippen molar-refractivity contribution in [1.82, 2.24) is 9.78 Å². The summed E-state index contributed by atoms with van der Waals surface area (Å²) in [5, 5.41) is 4.44. The van der Waals surface area contributed by atoms with E-state index in [2.05, 4.69) is 17.2 Å². The second-order valence-electron chi connectivity index (χ2n) is 7.25. The molecule has 0 saturated carbocycles. The lowest BCUT2D eigenvalue weighted by molar-refractivity contribution is -0.137. The lowest BCUT2D eigenvalue weighted by Crippen LogP contribution is -2.06. The summed E-state index contributed by atoms with van der Waals surface area (Å²) in [7, 11) is 0. The number of aldehydes is 1. The Morgan fingerprint density at radius 2 is 1.70 bits per heavy atom. The van der Waals surface area contributed by atoms with Crippen molar-refractivity contribution in [3.8, 4) is 28.1 Å². The van der Waals surface area contributed by atoms with Gasteiger partial charge in [0.15, 0.2) is 6.29 Å². The summed E-state index contributed by atoms with van der Waals surface area (Å²) in [6, 6.07) is 19.0. The van der Waals surface area contributed by atoms with Crippen molar-refractivity contribution < 1.29 is 18.0 Å².